The molecule has 20 heavy (non-hydrogen) atoms. The molecule has 0 spiro atoms. The maximum Gasteiger partial charge on any atom is 0.0733 e. The van der Waals surface area contributed by atoms with E-state index in [0.29, 0.717) is 6.61 Å². The molecule has 4 nitrogen and oxygen atoms in total. The molecule has 0 saturated carbocycles. The van der Waals surface area contributed by atoms with Crippen LogP contribution < -0.4 is 5.32 Å². The Morgan fingerprint density at radius 2 is 2.00 bits per heavy atom. The molecule has 0 saturated heterocycles. The van der Waals surface area contributed by atoms with E-state index in [9.17, 15) is 0 Å². The molecule has 108 valence electrons. The number of ether oxygens (including phenoxy) is 1. The number of methoxy groups -OCH3 is 1. The van der Waals surface area contributed by atoms with E-state index in [1.54, 1.807) is 7.11 Å². The molecule has 2 aromatic rings. The minimum Gasteiger partial charge on any atom is -0.380 e. The van der Waals surface area contributed by atoms with Crippen LogP contribution in [0.5, 0.6) is 0 Å². The van der Waals surface area contributed by atoms with E-state index in [1.807, 2.05) is 23.9 Å². The van der Waals surface area contributed by atoms with Crippen molar-refractivity contribution in [2.45, 2.75) is 33.4 Å². The van der Waals surface area contributed by atoms with Crippen molar-refractivity contribution < 1.29 is 4.74 Å². The fourth-order valence-corrected chi connectivity index (χ4v) is 2.66. The van der Waals surface area contributed by atoms with Crippen LogP contribution in [0, 0.1) is 13.8 Å². The fourth-order valence-electron chi connectivity index (χ4n) is 2.66. The second kappa shape index (κ2) is 6.09. The minimum absolute atomic E-state index is 0.210. The summed E-state index contributed by atoms with van der Waals surface area (Å²) in [6.45, 7) is 6.94. The molecule has 1 aromatic carbocycles. The molecule has 1 unspecified atom stereocenters. The van der Waals surface area contributed by atoms with Crippen LogP contribution in [0.4, 0.5) is 5.69 Å². The fraction of sp³-hybridized carbons (Fsp3) is 0.438. The van der Waals surface area contributed by atoms with Crippen molar-refractivity contribution in [2.24, 2.45) is 7.05 Å². The van der Waals surface area contributed by atoms with Crippen LogP contribution in [0.3, 0.4) is 0 Å². The second-order valence-electron chi connectivity index (χ2n) is 5.16. The Bertz CT molecular complexity index is 589. The normalized spacial score (nSPS) is 12.4. The Labute approximate surface area is 120 Å². The lowest BCUT2D eigenvalue weighted by Gasteiger charge is -2.18. The number of nitrogens with one attached hydrogen (secondary N) is 1. The molecular formula is C16H23N3O. The highest BCUT2D eigenvalue weighted by molar-refractivity contribution is 5.52. The number of aromatic nitrogens is 2. The molecule has 0 aliphatic carbocycles. The SMILES string of the molecule is COCc1ccccc1NC(C)c1c(C)nn(C)c1C. The summed E-state index contributed by atoms with van der Waals surface area (Å²) in [4.78, 5) is 0. The summed E-state index contributed by atoms with van der Waals surface area (Å²) in [5, 5.41) is 8.06. The molecule has 4 heteroatoms. The van der Waals surface area contributed by atoms with Crippen LogP contribution >= 0.6 is 0 Å². The third kappa shape index (κ3) is 2.85. The van der Waals surface area contributed by atoms with E-state index in [-0.39, 0.29) is 6.04 Å². The topological polar surface area (TPSA) is 39.1 Å². The van der Waals surface area contributed by atoms with Gasteiger partial charge in [-0.05, 0) is 26.8 Å². The first-order valence-electron chi connectivity index (χ1n) is 6.88. The second-order valence-corrected chi connectivity index (χ2v) is 5.16. The molecular weight excluding hydrogens is 250 g/mol. The summed E-state index contributed by atoms with van der Waals surface area (Å²) >= 11 is 0. The summed E-state index contributed by atoms with van der Waals surface area (Å²) in [5.41, 5.74) is 5.83. The van der Waals surface area contributed by atoms with Gasteiger partial charge in [0.1, 0.15) is 0 Å². The van der Waals surface area contributed by atoms with E-state index in [4.69, 9.17) is 4.74 Å². The van der Waals surface area contributed by atoms with E-state index in [1.165, 1.54) is 16.8 Å². The summed E-state index contributed by atoms with van der Waals surface area (Å²) in [7, 11) is 3.70. The lowest BCUT2D eigenvalue weighted by molar-refractivity contribution is 0.185. The summed E-state index contributed by atoms with van der Waals surface area (Å²) in [5.74, 6) is 0. The number of benzene rings is 1. The van der Waals surface area contributed by atoms with Gasteiger partial charge in [0.2, 0.25) is 0 Å². The minimum atomic E-state index is 0.210. The monoisotopic (exact) mass is 273 g/mol. The van der Waals surface area contributed by atoms with E-state index in [2.05, 4.69) is 43.3 Å². The largest absolute Gasteiger partial charge is 0.380 e. The zero-order chi connectivity index (χ0) is 14.7. The maximum absolute atomic E-state index is 5.25. The average molecular weight is 273 g/mol. The third-order valence-corrected chi connectivity index (χ3v) is 3.69. The van der Waals surface area contributed by atoms with E-state index < -0.39 is 0 Å². The Hall–Kier alpha value is -1.81. The van der Waals surface area contributed by atoms with Gasteiger partial charge in [-0.25, -0.2) is 0 Å². The number of hydrogen-bond donors (Lipinski definition) is 1. The van der Waals surface area contributed by atoms with Crippen molar-refractivity contribution in [3.05, 3.63) is 46.8 Å². The predicted molar refractivity (Wildman–Crippen MR) is 81.9 cm³/mol. The summed E-state index contributed by atoms with van der Waals surface area (Å²) in [6, 6.07) is 8.46. The smallest absolute Gasteiger partial charge is 0.0733 e. The van der Waals surface area contributed by atoms with Crippen molar-refractivity contribution in [1.29, 1.82) is 0 Å². The number of hydrogen-bond acceptors (Lipinski definition) is 3. The van der Waals surface area contributed by atoms with Crippen molar-refractivity contribution in [3.8, 4) is 0 Å². The molecule has 0 amide bonds. The van der Waals surface area contributed by atoms with Crippen molar-refractivity contribution in [3.63, 3.8) is 0 Å². The van der Waals surface area contributed by atoms with Crippen LogP contribution in [-0.4, -0.2) is 16.9 Å². The van der Waals surface area contributed by atoms with Gasteiger partial charge in [0, 0.05) is 36.7 Å². The zero-order valence-electron chi connectivity index (χ0n) is 12.9. The lowest BCUT2D eigenvalue weighted by atomic mass is 10.1. The van der Waals surface area contributed by atoms with Crippen LogP contribution in [-0.2, 0) is 18.4 Å². The quantitative estimate of drug-likeness (QED) is 0.908. The molecule has 0 bridgehead atoms. The third-order valence-electron chi connectivity index (χ3n) is 3.69. The van der Waals surface area contributed by atoms with Gasteiger partial charge in [-0.3, -0.25) is 4.68 Å². The summed E-state index contributed by atoms with van der Waals surface area (Å²) < 4.78 is 7.19. The first-order valence-corrected chi connectivity index (χ1v) is 6.88. The molecule has 1 aromatic heterocycles. The molecule has 1 N–H and O–H groups in total. The maximum atomic E-state index is 5.25. The molecule has 1 heterocycles. The highest BCUT2D eigenvalue weighted by Crippen LogP contribution is 2.26. The van der Waals surface area contributed by atoms with Crippen LogP contribution in [0.15, 0.2) is 24.3 Å². The first kappa shape index (κ1) is 14.6. The Kier molecular flexibility index (Phi) is 4.45. The van der Waals surface area contributed by atoms with Gasteiger partial charge in [0.05, 0.1) is 18.3 Å². The van der Waals surface area contributed by atoms with Gasteiger partial charge in [-0.15, -0.1) is 0 Å². The van der Waals surface area contributed by atoms with Crippen molar-refractivity contribution >= 4 is 5.69 Å². The molecule has 0 aliphatic heterocycles. The van der Waals surface area contributed by atoms with E-state index >= 15 is 0 Å². The number of aryl methyl sites for hydroxylation is 2. The van der Waals surface area contributed by atoms with Crippen LogP contribution in [0.2, 0.25) is 0 Å². The van der Waals surface area contributed by atoms with Gasteiger partial charge in [0.15, 0.2) is 0 Å². The number of nitrogens with zero attached hydrogens (tertiary/aromatic N) is 2. The highest BCUT2D eigenvalue weighted by Gasteiger charge is 2.16. The average Bonchev–Trinajstić information content (AvgIpc) is 2.66. The van der Waals surface area contributed by atoms with Crippen molar-refractivity contribution in [2.75, 3.05) is 12.4 Å². The molecule has 0 radical (unpaired) electrons. The zero-order valence-corrected chi connectivity index (χ0v) is 12.9. The van der Waals surface area contributed by atoms with E-state index in [0.717, 1.165) is 11.4 Å². The van der Waals surface area contributed by atoms with Gasteiger partial charge >= 0.3 is 0 Å². The first-order chi connectivity index (χ1) is 9.54. The summed E-state index contributed by atoms with van der Waals surface area (Å²) in [6.07, 6.45) is 0. The van der Waals surface area contributed by atoms with Gasteiger partial charge < -0.3 is 10.1 Å². The van der Waals surface area contributed by atoms with Gasteiger partial charge in [-0.2, -0.15) is 5.10 Å². The predicted octanol–water partition coefficient (Wildman–Crippen LogP) is 3.36. The number of para-hydroxylation sites is 1. The lowest BCUT2D eigenvalue weighted by Crippen LogP contribution is -2.10. The molecule has 0 fully saturated rings. The van der Waals surface area contributed by atoms with Gasteiger partial charge in [0.25, 0.3) is 0 Å². The van der Waals surface area contributed by atoms with Gasteiger partial charge in [-0.1, -0.05) is 18.2 Å². The van der Waals surface area contributed by atoms with Crippen LogP contribution in [0.1, 0.15) is 35.5 Å². The standard InChI is InChI=1S/C16H23N3O/c1-11(16-12(2)18-19(4)13(16)3)17-15-9-7-6-8-14(15)10-20-5/h6-9,11,17H,10H2,1-5H3. The molecule has 0 aliphatic rings. The van der Waals surface area contributed by atoms with Crippen molar-refractivity contribution in [1.82, 2.24) is 9.78 Å². The number of rotatable bonds is 5. The Morgan fingerprint density at radius 1 is 1.30 bits per heavy atom. The molecule has 1 atom stereocenters. The Balaban J connectivity index is 2.25. The molecule has 2 rings (SSSR count). The highest BCUT2D eigenvalue weighted by atomic mass is 16.5. The van der Waals surface area contributed by atoms with Crippen LogP contribution in [0.25, 0.3) is 0 Å². The number of anilines is 1. The Morgan fingerprint density at radius 3 is 2.60 bits per heavy atom.